The molecule has 0 bridgehead atoms. The molecule has 4 aromatic rings. The summed E-state index contributed by atoms with van der Waals surface area (Å²) in [5.74, 6) is 1.17. The molecule has 2 amide bonds. The molecule has 2 N–H and O–H groups in total. The molecule has 33 heavy (non-hydrogen) atoms. The topological polar surface area (TPSA) is 120 Å². The molecule has 0 radical (unpaired) electrons. The third kappa shape index (κ3) is 5.77. The van der Waals surface area contributed by atoms with E-state index in [1.807, 2.05) is 0 Å². The summed E-state index contributed by atoms with van der Waals surface area (Å²) in [5.41, 5.74) is 0.333. The maximum atomic E-state index is 12.6. The maximum absolute atomic E-state index is 12.6. The van der Waals surface area contributed by atoms with Crippen molar-refractivity contribution in [2.75, 3.05) is 5.32 Å². The average molecular weight is 570 g/mol. The van der Waals surface area contributed by atoms with Gasteiger partial charge in [0.15, 0.2) is 9.74 Å². The second kappa shape index (κ2) is 10.4. The van der Waals surface area contributed by atoms with Crippen molar-refractivity contribution in [2.24, 2.45) is 0 Å². The maximum Gasteiger partial charge on any atom is 0.319 e. The second-order valence-corrected chi connectivity index (χ2v) is 9.74. The van der Waals surface area contributed by atoms with Crippen LogP contribution in [-0.2, 0) is 6.61 Å². The number of carbonyl (C=O) groups excluding carboxylic acids is 1. The first-order chi connectivity index (χ1) is 15.9. The zero-order valence-corrected chi connectivity index (χ0v) is 20.8. The second-order valence-electron chi connectivity index (χ2n) is 6.53. The minimum absolute atomic E-state index is 0.261. The van der Waals surface area contributed by atoms with Crippen LogP contribution in [0, 0.1) is 0 Å². The lowest BCUT2D eigenvalue weighted by atomic mass is 10.3. The minimum atomic E-state index is -0.511. The van der Waals surface area contributed by atoms with Gasteiger partial charge in [0.25, 0.3) is 5.95 Å². The molecule has 14 heteroatoms. The van der Waals surface area contributed by atoms with Crippen LogP contribution in [0.3, 0.4) is 0 Å². The number of rotatable bonds is 7. The number of urea groups is 1. The Morgan fingerprint density at radius 1 is 1.21 bits per heavy atom. The number of nitrogens with one attached hydrogen (secondary N) is 2. The predicted octanol–water partition coefficient (Wildman–Crippen LogP) is 5.04. The molecule has 10 nitrogen and oxygen atoms in total. The van der Waals surface area contributed by atoms with Crippen LogP contribution in [0.5, 0.6) is 5.75 Å². The van der Waals surface area contributed by atoms with Gasteiger partial charge < -0.3 is 15.4 Å². The molecule has 1 unspecified atom stereocenters. The zero-order valence-electron chi connectivity index (χ0n) is 16.9. The van der Waals surface area contributed by atoms with Crippen molar-refractivity contribution in [3.8, 4) is 11.7 Å². The minimum Gasteiger partial charge on any atom is -0.486 e. The van der Waals surface area contributed by atoms with Crippen LogP contribution in [0.25, 0.3) is 5.95 Å². The van der Waals surface area contributed by atoms with E-state index >= 15 is 0 Å². The Balaban J connectivity index is 1.43. The standard InChI is InChI=1S/C19H15BrCl2N8O2S/c1-10(16-26-9-27-30(16)18-23-3-2-4-24-18)28-19(31)29-14-6-15(13(22)5-12(14)21)32-8-11-7-25-17(20)33-11/h2-7,9-10H,8H2,1H3,(H2,28,29,31). The number of halogens is 3. The lowest BCUT2D eigenvalue weighted by molar-refractivity contribution is 0.248. The van der Waals surface area contributed by atoms with E-state index < -0.39 is 12.1 Å². The Morgan fingerprint density at radius 2 is 2.00 bits per heavy atom. The van der Waals surface area contributed by atoms with Crippen molar-refractivity contribution in [2.45, 2.75) is 19.6 Å². The number of amides is 2. The van der Waals surface area contributed by atoms with Crippen molar-refractivity contribution in [3.63, 3.8) is 0 Å². The van der Waals surface area contributed by atoms with Gasteiger partial charge >= 0.3 is 6.03 Å². The first kappa shape index (κ1) is 23.4. The van der Waals surface area contributed by atoms with Crippen LogP contribution in [0.15, 0.2) is 47.0 Å². The van der Waals surface area contributed by atoms with Gasteiger partial charge in [-0.3, -0.25) is 0 Å². The van der Waals surface area contributed by atoms with Gasteiger partial charge in [0.05, 0.1) is 26.7 Å². The summed E-state index contributed by atoms with van der Waals surface area (Å²) < 4.78 is 7.97. The van der Waals surface area contributed by atoms with Gasteiger partial charge in [-0.25, -0.2) is 24.7 Å². The molecule has 170 valence electrons. The number of carbonyl (C=O) groups is 1. The van der Waals surface area contributed by atoms with Crippen LogP contribution in [0.1, 0.15) is 23.7 Å². The van der Waals surface area contributed by atoms with E-state index in [4.69, 9.17) is 27.9 Å². The molecule has 0 saturated heterocycles. The number of benzene rings is 1. The number of thiazole rings is 1. The summed E-state index contributed by atoms with van der Waals surface area (Å²) in [5, 5.41) is 10.2. The van der Waals surface area contributed by atoms with Gasteiger partial charge in [0.1, 0.15) is 18.7 Å². The molecule has 1 atom stereocenters. The van der Waals surface area contributed by atoms with Crippen LogP contribution in [-0.4, -0.2) is 35.7 Å². The van der Waals surface area contributed by atoms with Gasteiger partial charge in [-0.15, -0.1) is 11.3 Å². The fraction of sp³-hybridized carbons (Fsp3) is 0.158. The smallest absolute Gasteiger partial charge is 0.319 e. The van der Waals surface area contributed by atoms with E-state index in [1.54, 1.807) is 37.6 Å². The molecule has 0 fully saturated rings. The summed E-state index contributed by atoms with van der Waals surface area (Å²) in [7, 11) is 0. The normalized spacial score (nSPS) is 11.8. The monoisotopic (exact) mass is 568 g/mol. The van der Waals surface area contributed by atoms with E-state index in [0.29, 0.717) is 28.2 Å². The third-order valence-electron chi connectivity index (χ3n) is 4.22. The van der Waals surface area contributed by atoms with Crippen molar-refractivity contribution in [1.82, 2.24) is 35.0 Å². The summed E-state index contributed by atoms with van der Waals surface area (Å²) in [6.45, 7) is 2.03. The quantitative estimate of drug-likeness (QED) is 0.320. The molecule has 0 spiro atoms. The Labute approximate surface area is 210 Å². The largest absolute Gasteiger partial charge is 0.486 e. The number of aromatic nitrogens is 6. The number of ether oxygens (including phenoxy) is 1. The van der Waals surface area contributed by atoms with Crippen molar-refractivity contribution in [3.05, 3.63) is 67.8 Å². The number of hydrogen-bond donors (Lipinski definition) is 2. The summed E-state index contributed by atoms with van der Waals surface area (Å²) in [4.78, 5) is 30.2. The van der Waals surface area contributed by atoms with Gasteiger partial charge in [0, 0.05) is 24.7 Å². The summed E-state index contributed by atoms with van der Waals surface area (Å²) >= 11 is 17.3. The fourth-order valence-corrected chi connectivity index (χ4v) is 4.51. The van der Waals surface area contributed by atoms with Crippen LogP contribution >= 0.6 is 50.5 Å². The molecule has 0 aliphatic carbocycles. The van der Waals surface area contributed by atoms with Crippen LogP contribution in [0.4, 0.5) is 10.5 Å². The zero-order chi connectivity index (χ0) is 23.4. The van der Waals surface area contributed by atoms with E-state index in [1.165, 1.54) is 28.4 Å². The van der Waals surface area contributed by atoms with Crippen molar-refractivity contribution < 1.29 is 9.53 Å². The van der Waals surface area contributed by atoms with E-state index in [9.17, 15) is 4.79 Å². The molecule has 0 saturated carbocycles. The van der Waals surface area contributed by atoms with Crippen LogP contribution < -0.4 is 15.4 Å². The Kier molecular flexibility index (Phi) is 7.38. The molecule has 3 aromatic heterocycles. The highest BCUT2D eigenvalue weighted by Gasteiger charge is 2.19. The lowest BCUT2D eigenvalue weighted by Crippen LogP contribution is -2.32. The fourth-order valence-electron chi connectivity index (χ4n) is 2.75. The number of nitrogens with zero attached hydrogens (tertiary/aromatic N) is 6. The molecule has 0 aliphatic rings. The Hall–Kier alpha value is -2.80. The van der Waals surface area contributed by atoms with Gasteiger partial charge in [-0.1, -0.05) is 23.2 Å². The Morgan fingerprint density at radius 3 is 2.73 bits per heavy atom. The molecule has 0 aliphatic heterocycles. The van der Waals surface area contributed by atoms with Gasteiger partial charge in [-0.05, 0) is 35.0 Å². The van der Waals surface area contributed by atoms with E-state index in [0.717, 1.165) is 8.79 Å². The molecule has 4 rings (SSSR count). The molecule has 3 heterocycles. The number of anilines is 1. The highest BCUT2D eigenvalue weighted by atomic mass is 79.9. The first-order valence-corrected chi connectivity index (χ1v) is 11.7. The van der Waals surface area contributed by atoms with Crippen molar-refractivity contribution in [1.29, 1.82) is 0 Å². The van der Waals surface area contributed by atoms with E-state index in [-0.39, 0.29) is 11.6 Å². The van der Waals surface area contributed by atoms with E-state index in [2.05, 4.69) is 51.6 Å². The SMILES string of the molecule is CC(NC(=O)Nc1cc(OCc2cnc(Br)s2)c(Cl)cc1Cl)c1ncnn1-c1ncccn1. The van der Waals surface area contributed by atoms with Crippen molar-refractivity contribution >= 4 is 62.2 Å². The van der Waals surface area contributed by atoms with Gasteiger partial charge in [-0.2, -0.15) is 9.78 Å². The molecular weight excluding hydrogens is 555 g/mol. The molecular formula is C19H15BrCl2N8O2S. The molecule has 1 aromatic carbocycles. The van der Waals surface area contributed by atoms with Crippen LogP contribution in [0.2, 0.25) is 10.0 Å². The summed E-state index contributed by atoms with van der Waals surface area (Å²) in [6.07, 6.45) is 6.25. The first-order valence-electron chi connectivity index (χ1n) is 9.37. The summed E-state index contributed by atoms with van der Waals surface area (Å²) in [6, 6.07) is 3.74. The number of hydrogen-bond acceptors (Lipinski definition) is 8. The average Bonchev–Trinajstić information content (AvgIpc) is 3.44. The third-order valence-corrected chi connectivity index (χ3v) is 6.27. The predicted molar refractivity (Wildman–Crippen MR) is 128 cm³/mol. The Bertz CT molecular complexity index is 1270. The highest BCUT2D eigenvalue weighted by Crippen LogP contribution is 2.35. The van der Waals surface area contributed by atoms with Gasteiger partial charge in [0.2, 0.25) is 0 Å². The highest BCUT2D eigenvalue weighted by molar-refractivity contribution is 9.11. The lowest BCUT2D eigenvalue weighted by Gasteiger charge is -2.16.